The maximum atomic E-state index is 12.7. The fourth-order valence-electron chi connectivity index (χ4n) is 4.11. The Morgan fingerprint density at radius 2 is 1.76 bits per heavy atom. The number of aromatic hydroxyl groups is 2. The number of unbranched alkanes of at least 4 members (excludes halogenated alkanes) is 4. The van der Waals surface area contributed by atoms with E-state index in [1.54, 1.807) is 37.4 Å². The molecule has 3 rings (SSSR count). The largest absolute Gasteiger partial charge is 0.508 e. The van der Waals surface area contributed by atoms with Gasteiger partial charge in [-0.1, -0.05) is 39.2 Å². The van der Waals surface area contributed by atoms with E-state index in [2.05, 4.69) is 20.8 Å². The van der Waals surface area contributed by atoms with E-state index in [-0.39, 0.29) is 40.6 Å². The standard InChI is InChI=1S/C27H35N5O5/c1-17(2)20-15-21(23(34)16-22(20)33)25-30-31-27(37)32(25)19-11-9-10-18(14-19)26(36)29-13-8-6-4-5-7-12-24(35)28-3/h9-11,14-17,33-34H,4-8,12-13H2,1-3H3,(H,28,35)(H,29,36)(H,31,37). The first-order chi connectivity index (χ1) is 17.7. The van der Waals surface area contributed by atoms with Crippen LogP contribution in [0, 0.1) is 0 Å². The van der Waals surface area contributed by atoms with Crippen molar-refractivity contribution in [2.24, 2.45) is 0 Å². The van der Waals surface area contributed by atoms with Crippen LogP contribution < -0.4 is 16.3 Å². The monoisotopic (exact) mass is 509 g/mol. The van der Waals surface area contributed by atoms with Gasteiger partial charge in [0.25, 0.3) is 5.91 Å². The van der Waals surface area contributed by atoms with Gasteiger partial charge in [0, 0.05) is 31.6 Å². The molecule has 1 aromatic heterocycles. The highest BCUT2D eigenvalue weighted by atomic mass is 16.3. The summed E-state index contributed by atoms with van der Waals surface area (Å²) < 4.78 is 1.28. The van der Waals surface area contributed by atoms with E-state index >= 15 is 0 Å². The smallest absolute Gasteiger partial charge is 0.348 e. The summed E-state index contributed by atoms with van der Waals surface area (Å²) in [6, 6.07) is 9.45. The lowest BCUT2D eigenvalue weighted by atomic mass is 9.98. The van der Waals surface area contributed by atoms with Gasteiger partial charge in [0.15, 0.2) is 5.82 Å². The highest BCUT2D eigenvalue weighted by Crippen LogP contribution is 2.37. The Kier molecular flexibility index (Phi) is 9.48. The van der Waals surface area contributed by atoms with Crippen LogP contribution in [0.25, 0.3) is 17.1 Å². The summed E-state index contributed by atoms with van der Waals surface area (Å²) in [6.07, 6.45) is 5.15. The third-order valence-electron chi connectivity index (χ3n) is 6.19. The lowest BCUT2D eigenvalue weighted by molar-refractivity contribution is -0.120. The number of phenolic OH excluding ortho intramolecular Hbond substituents is 2. The number of aromatic amines is 1. The summed E-state index contributed by atoms with van der Waals surface area (Å²) in [6.45, 7) is 4.33. The van der Waals surface area contributed by atoms with Crippen molar-refractivity contribution >= 4 is 11.8 Å². The maximum absolute atomic E-state index is 12.7. The molecule has 10 heteroatoms. The molecule has 0 atom stereocenters. The zero-order valence-corrected chi connectivity index (χ0v) is 21.5. The fraction of sp³-hybridized carbons (Fsp3) is 0.407. The Morgan fingerprint density at radius 1 is 1.03 bits per heavy atom. The second-order valence-electron chi connectivity index (χ2n) is 9.27. The normalized spacial score (nSPS) is 11.0. The molecule has 0 unspecified atom stereocenters. The van der Waals surface area contributed by atoms with Crippen molar-refractivity contribution < 1.29 is 19.8 Å². The van der Waals surface area contributed by atoms with Gasteiger partial charge < -0.3 is 20.8 Å². The van der Waals surface area contributed by atoms with Crippen LogP contribution in [0.4, 0.5) is 0 Å². The molecule has 0 aliphatic carbocycles. The SMILES string of the molecule is CNC(=O)CCCCCCCNC(=O)c1cccc(-n2c(-c3cc(C(C)C)c(O)cc3O)n[nH]c2=O)c1. The molecule has 0 aliphatic heterocycles. The average molecular weight is 510 g/mol. The number of carbonyl (C=O) groups is 2. The number of hydrogen-bond donors (Lipinski definition) is 5. The van der Waals surface area contributed by atoms with Crippen molar-refractivity contribution in [3.8, 4) is 28.6 Å². The fourth-order valence-corrected chi connectivity index (χ4v) is 4.11. The Bertz CT molecular complexity index is 1290. The van der Waals surface area contributed by atoms with Gasteiger partial charge in [-0.2, -0.15) is 5.10 Å². The second kappa shape index (κ2) is 12.8. The Hall–Kier alpha value is -4.08. The molecule has 0 saturated carbocycles. The summed E-state index contributed by atoms with van der Waals surface area (Å²) >= 11 is 0. The molecule has 2 amide bonds. The van der Waals surface area contributed by atoms with E-state index in [9.17, 15) is 24.6 Å². The summed E-state index contributed by atoms with van der Waals surface area (Å²) in [5, 5.41) is 32.7. The van der Waals surface area contributed by atoms with Crippen LogP contribution in [0.5, 0.6) is 11.5 Å². The number of benzene rings is 2. The molecule has 0 fully saturated rings. The van der Waals surface area contributed by atoms with E-state index < -0.39 is 5.69 Å². The quantitative estimate of drug-likeness (QED) is 0.236. The van der Waals surface area contributed by atoms with Crippen molar-refractivity contribution in [2.45, 2.75) is 58.3 Å². The summed E-state index contributed by atoms with van der Waals surface area (Å²) in [5.41, 5.74) is 1.16. The Labute approximate surface area is 215 Å². The number of aromatic nitrogens is 3. The van der Waals surface area contributed by atoms with Crippen LogP contribution in [-0.2, 0) is 4.79 Å². The molecule has 0 spiro atoms. The van der Waals surface area contributed by atoms with Crippen molar-refractivity contribution in [3.63, 3.8) is 0 Å². The van der Waals surface area contributed by atoms with E-state index in [1.807, 2.05) is 13.8 Å². The van der Waals surface area contributed by atoms with Crippen LogP contribution >= 0.6 is 0 Å². The van der Waals surface area contributed by atoms with Crippen LogP contribution in [0.1, 0.15) is 74.2 Å². The number of phenols is 2. The predicted octanol–water partition coefficient (Wildman–Crippen LogP) is 3.58. The van der Waals surface area contributed by atoms with Gasteiger partial charge in [-0.3, -0.25) is 9.59 Å². The third-order valence-corrected chi connectivity index (χ3v) is 6.19. The molecule has 3 aromatic rings. The molecule has 2 aromatic carbocycles. The molecular weight excluding hydrogens is 474 g/mol. The number of hydrogen-bond acceptors (Lipinski definition) is 6. The van der Waals surface area contributed by atoms with Gasteiger partial charge >= 0.3 is 5.69 Å². The number of amides is 2. The van der Waals surface area contributed by atoms with Gasteiger partial charge in [-0.05, 0) is 48.6 Å². The molecule has 1 heterocycles. The van der Waals surface area contributed by atoms with Crippen LogP contribution in [0.2, 0.25) is 0 Å². The van der Waals surface area contributed by atoms with E-state index in [0.717, 1.165) is 32.1 Å². The number of nitrogens with one attached hydrogen (secondary N) is 3. The van der Waals surface area contributed by atoms with E-state index in [4.69, 9.17) is 0 Å². The van der Waals surface area contributed by atoms with Gasteiger partial charge in [-0.15, -0.1) is 0 Å². The van der Waals surface area contributed by atoms with Crippen molar-refractivity contribution in [1.29, 1.82) is 0 Å². The molecule has 5 N–H and O–H groups in total. The van der Waals surface area contributed by atoms with Crippen molar-refractivity contribution in [2.75, 3.05) is 13.6 Å². The first kappa shape index (κ1) is 27.5. The lowest BCUT2D eigenvalue weighted by Gasteiger charge is -2.13. The first-order valence-electron chi connectivity index (χ1n) is 12.6. The number of carbonyl (C=O) groups excluding carboxylic acids is 2. The topological polar surface area (TPSA) is 149 Å². The van der Waals surface area contributed by atoms with Gasteiger partial charge in [0.05, 0.1) is 11.3 Å². The van der Waals surface area contributed by atoms with Gasteiger partial charge in [-0.25, -0.2) is 14.5 Å². The Morgan fingerprint density at radius 3 is 2.49 bits per heavy atom. The highest BCUT2D eigenvalue weighted by Gasteiger charge is 2.20. The van der Waals surface area contributed by atoms with Gasteiger partial charge in [0.1, 0.15) is 11.5 Å². The van der Waals surface area contributed by atoms with Gasteiger partial charge in [0.2, 0.25) is 5.91 Å². The Balaban J connectivity index is 1.68. The molecule has 0 radical (unpaired) electrons. The minimum absolute atomic E-state index is 0.0203. The third kappa shape index (κ3) is 6.99. The molecule has 10 nitrogen and oxygen atoms in total. The summed E-state index contributed by atoms with van der Waals surface area (Å²) in [5.74, 6) is -0.312. The molecule has 37 heavy (non-hydrogen) atoms. The number of nitrogens with zero attached hydrogens (tertiary/aromatic N) is 2. The maximum Gasteiger partial charge on any atom is 0.348 e. The molecule has 0 bridgehead atoms. The minimum Gasteiger partial charge on any atom is -0.508 e. The number of rotatable bonds is 12. The molecular formula is C27H35N5O5. The average Bonchev–Trinajstić information content (AvgIpc) is 3.26. The zero-order chi connectivity index (χ0) is 26.9. The van der Waals surface area contributed by atoms with Crippen LogP contribution in [-0.4, -0.2) is 50.4 Å². The minimum atomic E-state index is -0.525. The second-order valence-corrected chi connectivity index (χ2v) is 9.27. The number of H-pyrrole nitrogens is 1. The molecule has 198 valence electrons. The summed E-state index contributed by atoms with van der Waals surface area (Å²) in [7, 11) is 1.63. The lowest BCUT2D eigenvalue weighted by Crippen LogP contribution is -2.25. The first-order valence-corrected chi connectivity index (χ1v) is 12.6. The van der Waals surface area contributed by atoms with E-state index in [1.165, 1.54) is 10.6 Å². The van der Waals surface area contributed by atoms with Crippen molar-refractivity contribution in [1.82, 2.24) is 25.4 Å². The van der Waals surface area contributed by atoms with Crippen molar-refractivity contribution in [3.05, 3.63) is 58.0 Å². The highest BCUT2D eigenvalue weighted by molar-refractivity contribution is 5.94. The predicted molar refractivity (Wildman–Crippen MR) is 141 cm³/mol. The molecule has 0 aliphatic rings. The van der Waals surface area contributed by atoms with Crippen LogP contribution in [0.3, 0.4) is 0 Å². The molecule has 0 saturated heterocycles. The zero-order valence-electron chi connectivity index (χ0n) is 21.5. The van der Waals surface area contributed by atoms with Crippen LogP contribution in [0.15, 0.2) is 41.2 Å². The summed E-state index contributed by atoms with van der Waals surface area (Å²) in [4.78, 5) is 36.6. The van der Waals surface area contributed by atoms with E-state index in [0.29, 0.717) is 29.8 Å².